The van der Waals surface area contributed by atoms with Crippen molar-refractivity contribution in [2.75, 3.05) is 19.5 Å². The SMILES string of the molecule is C=C(C)c1cc(C#Cc2ccc(-c3ccc(Cl)cc3)cn2)ccc1OCCOS(C)(=O)=O. The number of rotatable bonds is 7. The Morgan fingerprint density at radius 2 is 1.75 bits per heavy atom. The summed E-state index contributed by atoms with van der Waals surface area (Å²) in [7, 11) is -3.49. The summed E-state index contributed by atoms with van der Waals surface area (Å²) in [6.07, 6.45) is 2.78. The number of halogens is 1. The molecule has 3 rings (SSSR count). The normalized spacial score (nSPS) is 10.8. The van der Waals surface area contributed by atoms with E-state index in [0.29, 0.717) is 16.5 Å². The molecule has 0 radical (unpaired) electrons. The molecule has 0 aliphatic carbocycles. The zero-order valence-electron chi connectivity index (χ0n) is 17.8. The van der Waals surface area contributed by atoms with Gasteiger partial charge in [-0.25, -0.2) is 4.98 Å². The molecule has 0 amide bonds. The first-order valence-corrected chi connectivity index (χ1v) is 11.9. The molecule has 32 heavy (non-hydrogen) atoms. The predicted molar refractivity (Wildman–Crippen MR) is 128 cm³/mol. The van der Waals surface area contributed by atoms with Gasteiger partial charge in [0.25, 0.3) is 10.1 Å². The summed E-state index contributed by atoms with van der Waals surface area (Å²) in [6, 6.07) is 16.9. The van der Waals surface area contributed by atoms with Crippen LogP contribution in [0.5, 0.6) is 5.75 Å². The molecule has 0 atom stereocenters. The molecule has 0 saturated carbocycles. The zero-order chi connectivity index (χ0) is 23.1. The van der Waals surface area contributed by atoms with Gasteiger partial charge in [0.2, 0.25) is 0 Å². The predicted octanol–water partition coefficient (Wildman–Crippen LogP) is 5.19. The number of aromatic nitrogens is 1. The zero-order valence-corrected chi connectivity index (χ0v) is 19.3. The average molecular weight is 468 g/mol. The highest BCUT2D eigenvalue weighted by Crippen LogP contribution is 2.26. The Balaban J connectivity index is 1.71. The summed E-state index contributed by atoms with van der Waals surface area (Å²) >= 11 is 5.94. The van der Waals surface area contributed by atoms with E-state index in [1.54, 1.807) is 12.3 Å². The quantitative estimate of drug-likeness (QED) is 0.272. The Kier molecular flexibility index (Phi) is 7.70. The van der Waals surface area contributed by atoms with Crippen molar-refractivity contribution in [2.45, 2.75) is 6.92 Å². The van der Waals surface area contributed by atoms with Crippen molar-refractivity contribution < 1.29 is 17.3 Å². The van der Waals surface area contributed by atoms with Crippen LogP contribution in [0.15, 0.2) is 67.4 Å². The van der Waals surface area contributed by atoms with Crippen LogP contribution in [0.4, 0.5) is 0 Å². The minimum atomic E-state index is -3.49. The summed E-state index contributed by atoms with van der Waals surface area (Å²) in [5.74, 6) is 6.76. The van der Waals surface area contributed by atoms with Gasteiger partial charge in [0, 0.05) is 27.9 Å². The fourth-order valence-corrected chi connectivity index (χ4v) is 3.32. The van der Waals surface area contributed by atoms with Crippen LogP contribution in [0.1, 0.15) is 23.7 Å². The third-order valence-corrected chi connectivity index (χ3v) is 5.20. The highest BCUT2D eigenvalue weighted by Gasteiger charge is 2.07. The van der Waals surface area contributed by atoms with Gasteiger partial charge in [0.1, 0.15) is 24.7 Å². The third-order valence-electron chi connectivity index (χ3n) is 4.35. The summed E-state index contributed by atoms with van der Waals surface area (Å²) in [4.78, 5) is 4.43. The molecule has 5 nitrogen and oxygen atoms in total. The van der Waals surface area contributed by atoms with E-state index >= 15 is 0 Å². The minimum Gasteiger partial charge on any atom is -0.490 e. The first kappa shape index (κ1) is 23.6. The second-order valence-corrected chi connectivity index (χ2v) is 9.14. The van der Waals surface area contributed by atoms with Crippen molar-refractivity contribution >= 4 is 27.3 Å². The maximum Gasteiger partial charge on any atom is 0.264 e. The molecule has 164 valence electrons. The van der Waals surface area contributed by atoms with Gasteiger partial charge in [0.15, 0.2) is 0 Å². The number of allylic oxidation sites excluding steroid dienone is 1. The van der Waals surface area contributed by atoms with Crippen molar-refractivity contribution in [3.05, 3.63) is 89.2 Å². The van der Waals surface area contributed by atoms with Crippen LogP contribution < -0.4 is 4.74 Å². The molecule has 0 N–H and O–H groups in total. The molecule has 0 aliphatic rings. The second kappa shape index (κ2) is 10.5. The van der Waals surface area contributed by atoms with Gasteiger partial charge in [-0.05, 0) is 60.4 Å². The van der Waals surface area contributed by atoms with Gasteiger partial charge < -0.3 is 4.74 Å². The van der Waals surface area contributed by atoms with E-state index in [4.69, 9.17) is 20.5 Å². The highest BCUT2D eigenvalue weighted by atomic mass is 35.5. The molecule has 2 aromatic carbocycles. The van der Waals surface area contributed by atoms with Crippen molar-refractivity contribution in [1.82, 2.24) is 4.98 Å². The fraction of sp³-hybridized carbons (Fsp3) is 0.160. The van der Waals surface area contributed by atoms with Gasteiger partial charge in [-0.1, -0.05) is 42.3 Å². The monoisotopic (exact) mass is 467 g/mol. The van der Waals surface area contributed by atoms with Crippen LogP contribution in [0.25, 0.3) is 16.7 Å². The van der Waals surface area contributed by atoms with Crippen molar-refractivity contribution in [1.29, 1.82) is 0 Å². The Hall–Kier alpha value is -3.11. The summed E-state index contributed by atoms with van der Waals surface area (Å²) < 4.78 is 32.4. The van der Waals surface area contributed by atoms with Gasteiger partial charge in [-0.2, -0.15) is 8.42 Å². The molecule has 0 bridgehead atoms. The van der Waals surface area contributed by atoms with Crippen molar-refractivity contribution in [3.8, 4) is 28.7 Å². The summed E-state index contributed by atoms with van der Waals surface area (Å²) in [6.45, 7) is 5.88. The lowest BCUT2D eigenvalue weighted by Gasteiger charge is -2.12. The summed E-state index contributed by atoms with van der Waals surface area (Å²) in [5.41, 5.74) is 5.05. The number of benzene rings is 2. The van der Waals surface area contributed by atoms with E-state index in [0.717, 1.165) is 34.1 Å². The smallest absolute Gasteiger partial charge is 0.264 e. The molecule has 0 aliphatic heterocycles. The number of hydrogen-bond donors (Lipinski definition) is 0. The lowest BCUT2D eigenvalue weighted by atomic mass is 10.0. The van der Waals surface area contributed by atoms with Crippen LogP contribution in [0, 0.1) is 11.8 Å². The van der Waals surface area contributed by atoms with Gasteiger partial charge in [-0.15, -0.1) is 0 Å². The Labute approximate surface area is 193 Å². The standard InChI is InChI=1S/C25H22ClNO4S/c1-18(2)24-16-19(5-13-25(24)30-14-15-31-32(3,28)29)4-11-23-12-8-21(17-27-23)20-6-9-22(26)10-7-20/h5-10,12-13,16-17H,1,14-15H2,2-3H3. The van der Waals surface area contributed by atoms with Gasteiger partial charge in [0.05, 0.1) is 6.26 Å². The van der Waals surface area contributed by atoms with Gasteiger partial charge in [-0.3, -0.25) is 4.18 Å². The second-order valence-electron chi connectivity index (χ2n) is 7.05. The van der Waals surface area contributed by atoms with Crippen LogP contribution in [-0.2, 0) is 14.3 Å². The Morgan fingerprint density at radius 3 is 2.38 bits per heavy atom. The van der Waals surface area contributed by atoms with E-state index in [1.165, 1.54) is 0 Å². The number of pyridine rings is 1. The lowest BCUT2D eigenvalue weighted by molar-refractivity contribution is 0.222. The van der Waals surface area contributed by atoms with E-state index in [2.05, 4.69) is 23.4 Å². The summed E-state index contributed by atoms with van der Waals surface area (Å²) in [5, 5.41) is 0.692. The largest absolute Gasteiger partial charge is 0.490 e. The molecular formula is C25H22ClNO4S. The minimum absolute atomic E-state index is 0.0618. The molecule has 3 aromatic rings. The molecule has 0 saturated heterocycles. The van der Waals surface area contributed by atoms with E-state index in [-0.39, 0.29) is 13.2 Å². The molecule has 0 spiro atoms. The number of hydrogen-bond acceptors (Lipinski definition) is 5. The van der Waals surface area contributed by atoms with Gasteiger partial charge >= 0.3 is 0 Å². The first-order chi connectivity index (χ1) is 15.2. The molecule has 0 unspecified atom stereocenters. The third kappa shape index (κ3) is 6.96. The molecule has 0 fully saturated rings. The van der Waals surface area contributed by atoms with Crippen LogP contribution in [-0.4, -0.2) is 32.9 Å². The Bertz CT molecular complexity index is 1270. The average Bonchev–Trinajstić information content (AvgIpc) is 2.76. The van der Waals surface area contributed by atoms with E-state index in [1.807, 2.05) is 55.5 Å². The molecule has 1 aromatic heterocycles. The maximum atomic E-state index is 11.0. The highest BCUT2D eigenvalue weighted by molar-refractivity contribution is 7.85. The number of ether oxygens (including phenoxy) is 1. The van der Waals surface area contributed by atoms with Crippen LogP contribution in [0.3, 0.4) is 0 Å². The first-order valence-electron chi connectivity index (χ1n) is 9.72. The maximum absolute atomic E-state index is 11.0. The van der Waals surface area contributed by atoms with Crippen molar-refractivity contribution in [3.63, 3.8) is 0 Å². The number of nitrogens with zero attached hydrogens (tertiary/aromatic N) is 1. The van der Waals surface area contributed by atoms with Crippen molar-refractivity contribution in [2.24, 2.45) is 0 Å². The van der Waals surface area contributed by atoms with E-state index in [9.17, 15) is 8.42 Å². The lowest BCUT2D eigenvalue weighted by Crippen LogP contribution is -2.11. The topological polar surface area (TPSA) is 65.5 Å². The Morgan fingerprint density at radius 1 is 1.03 bits per heavy atom. The van der Waals surface area contributed by atoms with Crippen LogP contribution in [0.2, 0.25) is 5.02 Å². The van der Waals surface area contributed by atoms with Crippen LogP contribution >= 0.6 is 11.6 Å². The fourth-order valence-electron chi connectivity index (χ4n) is 2.82. The molecule has 1 heterocycles. The molecular weight excluding hydrogens is 446 g/mol. The molecule has 7 heteroatoms. The van der Waals surface area contributed by atoms with E-state index < -0.39 is 10.1 Å².